The van der Waals surface area contributed by atoms with Gasteiger partial charge in [0.05, 0.1) is 5.69 Å². The molecular formula is C16H12N2O2S. The van der Waals surface area contributed by atoms with Gasteiger partial charge in [-0.05, 0) is 48.1 Å². The molecular weight excluding hydrogens is 284 g/mol. The van der Waals surface area contributed by atoms with Gasteiger partial charge in [0, 0.05) is 0 Å². The Morgan fingerprint density at radius 1 is 1.05 bits per heavy atom. The summed E-state index contributed by atoms with van der Waals surface area (Å²) in [6.07, 6.45) is 1.71. The van der Waals surface area contributed by atoms with Crippen LogP contribution in [-0.4, -0.2) is 16.1 Å². The zero-order valence-electron chi connectivity index (χ0n) is 11.0. The number of amides is 1. The molecule has 2 aromatic rings. The molecule has 2 N–H and O–H groups in total. The van der Waals surface area contributed by atoms with Gasteiger partial charge < -0.3 is 10.4 Å². The lowest BCUT2D eigenvalue weighted by Gasteiger charge is -2.13. The molecule has 2 aromatic carbocycles. The molecule has 4 nitrogen and oxygen atoms in total. The molecule has 0 spiro atoms. The van der Waals surface area contributed by atoms with Crippen LogP contribution in [0.2, 0.25) is 0 Å². The maximum absolute atomic E-state index is 12.4. The standard InChI is InChI=1S/C16H12N2O2S/c19-13-8-6-11(7-9-13)10-14-15(20)18(16(21)17-14)12-4-2-1-3-5-12/h1-10,19H,(H,17,21). The van der Waals surface area contributed by atoms with Crippen LogP contribution in [0, 0.1) is 0 Å². The van der Waals surface area contributed by atoms with Gasteiger partial charge in [0.25, 0.3) is 5.91 Å². The van der Waals surface area contributed by atoms with Crippen molar-refractivity contribution in [1.82, 2.24) is 5.32 Å². The zero-order chi connectivity index (χ0) is 14.8. The van der Waals surface area contributed by atoms with Gasteiger partial charge in [-0.1, -0.05) is 30.3 Å². The number of anilines is 1. The second-order valence-electron chi connectivity index (χ2n) is 4.56. The Hall–Kier alpha value is -2.66. The van der Waals surface area contributed by atoms with E-state index in [1.165, 1.54) is 4.90 Å². The normalized spacial score (nSPS) is 16.4. The molecule has 1 heterocycles. The fourth-order valence-electron chi connectivity index (χ4n) is 2.08. The average molecular weight is 296 g/mol. The molecule has 21 heavy (non-hydrogen) atoms. The van der Waals surface area contributed by atoms with E-state index < -0.39 is 0 Å². The van der Waals surface area contributed by atoms with Crippen LogP contribution >= 0.6 is 12.2 Å². The summed E-state index contributed by atoms with van der Waals surface area (Å²) in [6.45, 7) is 0. The molecule has 0 unspecified atom stereocenters. The molecule has 0 bridgehead atoms. The van der Waals surface area contributed by atoms with Gasteiger partial charge in [0.15, 0.2) is 5.11 Å². The van der Waals surface area contributed by atoms with E-state index in [1.807, 2.05) is 30.3 Å². The summed E-state index contributed by atoms with van der Waals surface area (Å²) < 4.78 is 0. The predicted molar refractivity (Wildman–Crippen MR) is 85.7 cm³/mol. The van der Waals surface area contributed by atoms with Gasteiger partial charge >= 0.3 is 0 Å². The molecule has 1 aliphatic rings. The van der Waals surface area contributed by atoms with Crippen LogP contribution in [0.3, 0.4) is 0 Å². The summed E-state index contributed by atoms with van der Waals surface area (Å²) in [5.74, 6) is -0.0106. The van der Waals surface area contributed by atoms with Crippen LogP contribution in [0.5, 0.6) is 5.75 Å². The topological polar surface area (TPSA) is 52.6 Å². The average Bonchev–Trinajstić information content (AvgIpc) is 2.77. The van der Waals surface area contributed by atoms with Gasteiger partial charge in [-0.25, -0.2) is 0 Å². The molecule has 0 radical (unpaired) electrons. The molecule has 3 rings (SSSR count). The highest BCUT2D eigenvalue weighted by Gasteiger charge is 2.31. The second kappa shape index (κ2) is 5.38. The summed E-state index contributed by atoms with van der Waals surface area (Å²) in [5, 5.41) is 12.5. The van der Waals surface area contributed by atoms with Gasteiger partial charge in [-0.2, -0.15) is 0 Å². The van der Waals surface area contributed by atoms with Crippen LogP contribution < -0.4 is 10.2 Å². The van der Waals surface area contributed by atoms with Crippen LogP contribution in [0.25, 0.3) is 6.08 Å². The van der Waals surface area contributed by atoms with Crippen molar-refractivity contribution in [3.63, 3.8) is 0 Å². The third-order valence-corrected chi connectivity index (χ3v) is 3.38. The molecule has 1 saturated heterocycles. The number of hydrogen-bond donors (Lipinski definition) is 2. The number of carbonyl (C=O) groups is 1. The van der Waals surface area contributed by atoms with Gasteiger partial charge in [-0.15, -0.1) is 0 Å². The highest BCUT2D eigenvalue weighted by molar-refractivity contribution is 7.80. The minimum Gasteiger partial charge on any atom is -0.508 e. The smallest absolute Gasteiger partial charge is 0.281 e. The van der Waals surface area contributed by atoms with Gasteiger partial charge in [0.2, 0.25) is 0 Å². The lowest BCUT2D eigenvalue weighted by Crippen LogP contribution is -2.30. The Morgan fingerprint density at radius 2 is 1.71 bits per heavy atom. The zero-order valence-corrected chi connectivity index (χ0v) is 11.8. The first-order valence-electron chi connectivity index (χ1n) is 6.36. The molecule has 0 atom stereocenters. The largest absolute Gasteiger partial charge is 0.508 e. The molecule has 1 amide bonds. The van der Waals surface area contributed by atoms with Crippen molar-refractivity contribution in [2.45, 2.75) is 0 Å². The van der Waals surface area contributed by atoms with E-state index in [4.69, 9.17) is 12.2 Å². The Balaban J connectivity index is 1.92. The lowest BCUT2D eigenvalue weighted by molar-refractivity contribution is -0.113. The fourth-order valence-corrected chi connectivity index (χ4v) is 2.38. The molecule has 1 fully saturated rings. The van der Waals surface area contributed by atoms with E-state index in [0.29, 0.717) is 10.8 Å². The summed E-state index contributed by atoms with van der Waals surface area (Å²) in [5.41, 5.74) is 1.95. The van der Waals surface area contributed by atoms with Crippen LogP contribution in [0.1, 0.15) is 5.56 Å². The summed E-state index contributed by atoms with van der Waals surface area (Å²) in [4.78, 5) is 13.9. The first-order valence-corrected chi connectivity index (χ1v) is 6.77. The van der Waals surface area contributed by atoms with E-state index in [2.05, 4.69) is 5.32 Å². The number of carbonyl (C=O) groups excluding carboxylic acids is 1. The van der Waals surface area contributed by atoms with Crippen molar-refractivity contribution in [1.29, 1.82) is 0 Å². The number of benzene rings is 2. The van der Waals surface area contributed by atoms with Crippen molar-refractivity contribution in [3.8, 4) is 5.75 Å². The fraction of sp³-hybridized carbons (Fsp3) is 0. The van der Waals surface area contributed by atoms with E-state index >= 15 is 0 Å². The monoisotopic (exact) mass is 296 g/mol. The van der Waals surface area contributed by atoms with Crippen molar-refractivity contribution >= 4 is 35.0 Å². The van der Waals surface area contributed by atoms with Crippen LogP contribution in [0.15, 0.2) is 60.3 Å². The summed E-state index contributed by atoms with van der Waals surface area (Å²) in [7, 11) is 0. The number of para-hydroxylation sites is 1. The van der Waals surface area contributed by atoms with Crippen molar-refractivity contribution < 1.29 is 9.90 Å². The molecule has 0 aromatic heterocycles. The molecule has 0 aliphatic carbocycles. The minimum atomic E-state index is -0.195. The van der Waals surface area contributed by atoms with Gasteiger partial charge in [-0.3, -0.25) is 9.69 Å². The summed E-state index contributed by atoms with van der Waals surface area (Å²) in [6, 6.07) is 15.8. The third kappa shape index (κ3) is 2.64. The number of aromatic hydroxyl groups is 1. The third-order valence-electron chi connectivity index (χ3n) is 3.10. The first kappa shape index (κ1) is 13.3. The number of phenols is 1. The van der Waals surface area contributed by atoms with Crippen molar-refractivity contribution in [3.05, 3.63) is 65.9 Å². The highest BCUT2D eigenvalue weighted by Crippen LogP contribution is 2.22. The maximum Gasteiger partial charge on any atom is 0.281 e. The van der Waals surface area contributed by atoms with E-state index in [1.54, 1.807) is 30.3 Å². The SMILES string of the molecule is O=C1C(=Cc2ccc(O)cc2)NC(=S)N1c1ccccc1. The molecule has 0 saturated carbocycles. The number of phenolic OH excluding ortho intramolecular Hbond substituents is 1. The molecule has 1 aliphatic heterocycles. The van der Waals surface area contributed by atoms with E-state index in [-0.39, 0.29) is 11.7 Å². The number of rotatable bonds is 2. The van der Waals surface area contributed by atoms with E-state index in [9.17, 15) is 9.90 Å². The molecule has 104 valence electrons. The summed E-state index contributed by atoms with van der Waals surface area (Å²) >= 11 is 5.23. The lowest BCUT2D eigenvalue weighted by atomic mass is 10.2. The molecule has 5 heteroatoms. The van der Waals surface area contributed by atoms with Gasteiger partial charge in [0.1, 0.15) is 11.4 Å². The quantitative estimate of drug-likeness (QED) is 0.661. The highest BCUT2D eigenvalue weighted by atomic mass is 32.1. The Morgan fingerprint density at radius 3 is 2.38 bits per heavy atom. The predicted octanol–water partition coefficient (Wildman–Crippen LogP) is 2.65. The maximum atomic E-state index is 12.4. The van der Waals surface area contributed by atoms with Crippen LogP contribution in [-0.2, 0) is 4.79 Å². The second-order valence-corrected chi connectivity index (χ2v) is 4.94. The van der Waals surface area contributed by atoms with Crippen molar-refractivity contribution in [2.75, 3.05) is 4.90 Å². The minimum absolute atomic E-state index is 0.185. The van der Waals surface area contributed by atoms with E-state index in [0.717, 1.165) is 11.3 Å². The first-order chi connectivity index (χ1) is 10.1. The Labute approximate surface area is 127 Å². The van der Waals surface area contributed by atoms with Crippen molar-refractivity contribution in [2.24, 2.45) is 0 Å². The number of nitrogens with one attached hydrogen (secondary N) is 1. The number of hydrogen-bond acceptors (Lipinski definition) is 3. The number of nitrogens with zero attached hydrogens (tertiary/aromatic N) is 1. The Kier molecular flexibility index (Phi) is 3.41. The Bertz CT molecular complexity index is 724. The van der Waals surface area contributed by atoms with Crippen LogP contribution in [0.4, 0.5) is 5.69 Å². The number of thiocarbonyl (C=S) groups is 1.